The Balaban J connectivity index is 1.48. The molecule has 3 aromatic rings. The highest BCUT2D eigenvalue weighted by molar-refractivity contribution is 5.99. The number of hydrogen-bond acceptors (Lipinski definition) is 8. The molecule has 1 fully saturated rings. The summed E-state index contributed by atoms with van der Waals surface area (Å²) < 4.78 is 17.4. The first-order valence-electron chi connectivity index (χ1n) is 13.1. The lowest BCUT2D eigenvalue weighted by atomic mass is 9.94. The number of amides is 2. The maximum Gasteiger partial charge on any atom is 0.255 e. The smallest absolute Gasteiger partial charge is 0.255 e. The first kappa shape index (κ1) is 27.3. The average molecular weight is 524 g/mol. The fourth-order valence-corrected chi connectivity index (χ4v) is 4.51. The number of carbonyl (C=O) groups is 2. The van der Waals surface area contributed by atoms with E-state index in [4.69, 9.17) is 13.6 Å². The lowest BCUT2D eigenvalue weighted by Crippen LogP contribution is -2.49. The molecular weight excluding hydrogens is 486 g/mol. The minimum absolute atomic E-state index is 0.0772. The van der Waals surface area contributed by atoms with Gasteiger partial charge in [0.25, 0.3) is 5.91 Å². The fourth-order valence-electron chi connectivity index (χ4n) is 4.51. The number of nitrogens with one attached hydrogen (secondary N) is 1. The molecule has 4 rings (SSSR count). The van der Waals surface area contributed by atoms with E-state index in [2.05, 4.69) is 20.5 Å². The minimum atomic E-state index is -0.707. The van der Waals surface area contributed by atoms with Crippen molar-refractivity contribution in [2.24, 2.45) is 5.92 Å². The normalized spacial score (nSPS) is 16.6. The van der Waals surface area contributed by atoms with Gasteiger partial charge in [-0.3, -0.25) is 9.59 Å². The second-order valence-electron chi connectivity index (χ2n) is 11.2. The number of para-hydroxylation sites is 1. The molecule has 38 heavy (non-hydrogen) atoms. The molecule has 1 aromatic carbocycles. The van der Waals surface area contributed by atoms with Gasteiger partial charge >= 0.3 is 0 Å². The maximum atomic E-state index is 13.7. The van der Waals surface area contributed by atoms with E-state index in [1.54, 1.807) is 42.3 Å². The number of ether oxygens (including phenoxy) is 1. The lowest BCUT2D eigenvalue weighted by molar-refractivity contribution is -0.135. The lowest BCUT2D eigenvalue weighted by Gasteiger charge is -2.28. The molecule has 2 atom stereocenters. The summed E-state index contributed by atoms with van der Waals surface area (Å²) in [6.07, 6.45) is 3.75. The first-order valence-corrected chi connectivity index (χ1v) is 13.1. The number of oxazole rings is 1. The highest BCUT2D eigenvalue weighted by Gasteiger charge is 2.37. The van der Waals surface area contributed by atoms with Crippen LogP contribution in [0.15, 0.2) is 39.3 Å². The zero-order valence-corrected chi connectivity index (χ0v) is 23.0. The second kappa shape index (κ2) is 11.4. The summed E-state index contributed by atoms with van der Waals surface area (Å²) in [7, 11) is 0. The molecule has 10 heteroatoms. The van der Waals surface area contributed by atoms with Crippen LogP contribution in [-0.4, -0.2) is 44.5 Å². The third kappa shape index (κ3) is 6.41. The van der Waals surface area contributed by atoms with Crippen LogP contribution < -0.4 is 10.1 Å². The van der Waals surface area contributed by atoms with Crippen molar-refractivity contribution in [1.82, 2.24) is 25.4 Å². The first-order chi connectivity index (χ1) is 18.0. The predicted octanol–water partition coefficient (Wildman–Crippen LogP) is 4.75. The highest BCUT2D eigenvalue weighted by atomic mass is 16.5. The van der Waals surface area contributed by atoms with Gasteiger partial charge in [0, 0.05) is 18.9 Å². The third-order valence-corrected chi connectivity index (χ3v) is 6.45. The van der Waals surface area contributed by atoms with Gasteiger partial charge in [0.2, 0.25) is 23.6 Å². The van der Waals surface area contributed by atoms with Crippen LogP contribution in [-0.2, 0) is 16.8 Å². The molecule has 3 heterocycles. The van der Waals surface area contributed by atoms with Crippen molar-refractivity contribution in [2.75, 3.05) is 6.54 Å². The van der Waals surface area contributed by atoms with E-state index in [1.165, 1.54) is 0 Å². The summed E-state index contributed by atoms with van der Waals surface area (Å²) in [6.45, 7) is 12.5. The Morgan fingerprint density at radius 1 is 1.18 bits per heavy atom. The Kier molecular flexibility index (Phi) is 8.18. The summed E-state index contributed by atoms with van der Waals surface area (Å²) >= 11 is 0. The monoisotopic (exact) mass is 523 g/mol. The van der Waals surface area contributed by atoms with Crippen LogP contribution in [0.3, 0.4) is 0 Å². The number of nitrogens with zero attached hydrogens (tertiary/aromatic N) is 4. The minimum Gasteiger partial charge on any atom is -0.483 e. The van der Waals surface area contributed by atoms with Gasteiger partial charge in [0.1, 0.15) is 23.6 Å². The number of aryl methyl sites for hydroxylation is 1. The second-order valence-corrected chi connectivity index (χ2v) is 11.2. The van der Waals surface area contributed by atoms with Gasteiger partial charge in [-0.05, 0) is 37.3 Å². The van der Waals surface area contributed by atoms with Crippen molar-refractivity contribution in [3.8, 4) is 5.75 Å². The van der Waals surface area contributed by atoms with Crippen LogP contribution in [0.1, 0.15) is 93.7 Å². The van der Waals surface area contributed by atoms with Gasteiger partial charge in [0.05, 0.1) is 11.8 Å². The third-order valence-electron chi connectivity index (χ3n) is 6.45. The molecule has 10 nitrogen and oxygen atoms in total. The zero-order chi connectivity index (χ0) is 27.4. The molecule has 0 aliphatic carbocycles. The molecule has 0 bridgehead atoms. The average Bonchev–Trinajstić information content (AvgIpc) is 3.62. The number of likely N-dealkylation sites (tertiary alicyclic amines) is 1. The van der Waals surface area contributed by atoms with Gasteiger partial charge in [0.15, 0.2) is 6.61 Å². The van der Waals surface area contributed by atoms with Crippen LogP contribution in [0.2, 0.25) is 0 Å². The van der Waals surface area contributed by atoms with E-state index in [1.807, 2.05) is 34.6 Å². The topological polar surface area (TPSA) is 124 Å². The highest BCUT2D eigenvalue weighted by Crippen LogP contribution is 2.32. The van der Waals surface area contributed by atoms with Gasteiger partial charge < -0.3 is 23.8 Å². The van der Waals surface area contributed by atoms with E-state index in [9.17, 15) is 9.59 Å². The number of carbonyl (C=O) groups excluding carboxylic acids is 2. The van der Waals surface area contributed by atoms with Gasteiger partial charge in [-0.2, -0.15) is 0 Å². The van der Waals surface area contributed by atoms with Crippen molar-refractivity contribution in [1.29, 1.82) is 0 Å². The molecule has 1 aliphatic heterocycles. The van der Waals surface area contributed by atoms with E-state index in [0.29, 0.717) is 42.0 Å². The molecule has 2 aromatic heterocycles. The molecule has 1 aliphatic rings. The molecule has 1 saturated heterocycles. The summed E-state index contributed by atoms with van der Waals surface area (Å²) in [4.78, 5) is 33.2. The van der Waals surface area contributed by atoms with Gasteiger partial charge in [-0.25, -0.2) is 4.98 Å². The standard InChI is InChI=1S/C28H37N5O5/c1-17(2)14-20(27(35)33-13-9-11-21(33)26-32-31-18(3)37-26)30-25(34)19-10-7-8-12-22(19)36-16-24-29-15-23(38-24)28(4,5)6/h7-8,10,12,15,17,20-21H,9,11,13-14,16H2,1-6H3,(H,30,34)/t20-,21-/m1/s1. The van der Waals surface area contributed by atoms with Crippen molar-refractivity contribution in [2.45, 2.75) is 84.9 Å². The van der Waals surface area contributed by atoms with Crippen LogP contribution >= 0.6 is 0 Å². The molecule has 1 N–H and O–H groups in total. The Morgan fingerprint density at radius 2 is 1.95 bits per heavy atom. The molecule has 204 valence electrons. The number of rotatable bonds is 9. The molecule has 0 radical (unpaired) electrons. The predicted molar refractivity (Wildman–Crippen MR) is 139 cm³/mol. The van der Waals surface area contributed by atoms with Crippen molar-refractivity contribution in [3.05, 3.63) is 59.5 Å². The van der Waals surface area contributed by atoms with E-state index >= 15 is 0 Å². The van der Waals surface area contributed by atoms with Gasteiger partial charge in [-0.1, -0.05) is 46.8 Å². The van der Waals surface area contributed by atoms with Crippen molar-refractivity contribution in [3.63, 3.8) is 0 Å². The fraction of sp³-hybridized carbons (Fsp3) is 0.536. The molecule has 2 amide bonds. The van der Waals surface area contributed by atoms with E-state index in [-0.39, 0.29) is 35.8 Å². The van der Waals surface area contributed by atoms with Crippen LogP contribution in [0.5, 0.6) is 5.75 Å². The van der Waals surface area contributed by atoms with Crippen LogP contribution in [0, 0.1) is 12.8 Å². The molecule has 0 unspecified atom stereocenters. The van der Waals surface area contributed by atoms with Crippen molar-refractivity contribution < 1.29 is 23.2 Å². The van der Waals surface area contributed by atoms with Crippen molar-refractivity contribution >= 4 is 11.8 Å². The Hall–Kier alpha value is -3.69. The summed E-state index contributed by atoms with van der Waals surface area (Å²) in [5.41, 5.74) is 0.166. The van der Waals surface area contributed by atoms with E-state index in [0.717, 1.165) is 18.6 Å². The number of hydrogen-bond donors (Lipinski definition) is 1. The Morgan fingerprint density at radius 3 is 2.61 bits per heavy atom. The van der Waals surface area contributed by atoms with Gasteiger partial charge in [-0.15, -0.1) is 10.2 Å². The molecule has 0 saturated carbocycles. The summed E-state index contributed by atoms with van der Waals surface area (Å²) in [5, 5.41) is 11.0. The summed E-state index contributed by atoms with van der Waals surface area (Å²) in [6, 6.07) is 5.96. The maximum absolute atomic E-state index is 13.7. The Bertz CT molecular complexity index is 1260. The quantitative estimate of drug-likeness (QED) is 0.426. The SMILES string of the molecule is Cc1nnc([C@H]2CCCN2C(=O)[C@@H](CC(C)C)NC(=O)c2ccccc2OCc2ncc(C(C)(C)C)o2)o1. The number of benzene rings is 1. The molecule has 0 spiro atoms. The molecular formula is C28H37N5O5. The van der Waals surface area contributed by atoms with Crippen LogP contribution in [0.4, 0.5) is 0 Å². The largest absolute Gasteiger partial charge is 0.483 e. The van der Waals surface area contributed by atoms with E-state index < -0.39 is 6.04 Å². The zero-order valence-electron chi connectivity index (χ0n) is 23.0. The number of aromatic nitrogens is 3. The summed E-state index contributed by atoms with van der Waals surface area (Å²) in [5.74, 6) is 2.11. The van der Waals surface area contributed by atoms with Crippen LogP contribution in [0.25, 0.3) is 0 Å². The Labute approximate surface area is 223 Å².